The summed E-state index contributed by atoms with van der Waals surface area (Å²) >= 11 is 0. The third-order valence-electron chi connectivity index (χ3n) is 2.61. The largest absolute Gasteiger partial charge is 0.338 e. The lowest BCUT2D eigenvalue weighted by molar-refractivity contribution is -0.385. The first-order valence-electron chi connectivity index (χ1n) is 5.62. The Bertz CT molecular complexity index is 564. The van der Waals surface area contributed by atoms with E-state index in [1.807, 2.05) is 0 Å². The molecule has 1 aromatic carbocycles. The molecule has 100 valence electrons. The van der Waals surface area contributed by atoms with E-state index < -0.39 is 22.7 Å². The number of nitro groups is 1. The second kappa shape index (κ2) is 5.96. The fraction of sp³-hybridized carbons (Fsp3) is 0.308. The monoisotopic (exact) mass is 264 g/mol. The molecule has 0 aromatic heterocycles. The Balaban J connectivity index is 3.16. The van der Waals surface area contributed by atoms with Crippen molar-refractivity contribution in [1.82, 2.24) is 5.32 Å². The minimum absolute atomic E-state index is 0.0353. The van der Waals surface area contributed by atoms with E-state index in [1.165, 1.54) is 6.92 Å². The Morgan fingerprint density at radius 1 is 1.63 bits per heavy atom. The third-order valence-corrected chi connectivity index (χ3v) is 2.61. The van der Waals surface area contributed by atoms with Crippen LogP contribution in [0.1, 0.15) is 29.3 Å². The number of carbonyl (C=O) groups excluding carboxylic acids is 1. The zero-order valence-electron chi connectivity index (χ0n) is 10.6. The van der Waals surface area contributed by atoms with Gasteiger partial charge >= 0.3 is 0 Å². The van der Waals surface area contributed by atoms with Gasteiger partial charge in [-0.2, -0.15) is 0 Å². The van der Waals surface area contributed by atoms with E-state index in [2.05, 4.69) is 11.2 Å². The lowest BCUT2D eigenvalue weighted by Crippen LogP contribution is -2.33. The Morgan fingerprint density at radius 2 is 2.26 bits per heavy atom. The Labute approximate surface area is 110 Å². The van der Waals surface area contributed by atoms with Gasteiger partial charge in [0.25, 0.3) is 11.6 Å². The zero-order valence-corrected chi connectivity index (χ0v) is 10.6. The quantitative estimate of drug-likeness (QED) is 0.514. The Hall–Kier alpha value is -2.42. The van der Waals surface area contributed by atoms with Crippen molar-refractivity contribution in [3.8, 4) is 12.3 Å². The third kappa shape index (κ3) is 3.28. The molecule has 0 aliphatic carbocycles. The van der Waals surface area contributed by atoms with Crippen molar-refractivity contribution in [2.24, 2.45) is 0 Å². The number of rotatable bonds is 4. The number of carbonyl (C=O) groups is 1. The van der Waals surface area contributed by atoms with Crippen LogP contribution in [0, 0.1) is 35.2 Å². The summed E-state index contributed by atoms with van der Waals surface area (Å²) in [6.45, 7) is 3.12. The SMILES string of the molecule is C#CC(CC)NC(=O)c1cc([N+](=O)[O-])cc(C)c1F. The minimum Gasteiger partial charge on any atom is -0.338 e. The van der Waals surface area contributed by atoms with E-state index in [1.54, 1.807) is 6.92 Å². The van der Waals surface area contributed by atoms with Crippen LogP contribution >= 0.6 is 0 Å². The molecular formula is C13H13FN2O3. The molecule has 1 atom stereocenters. The van der Waals surface area contributed by atoms with Crippen molar-refractivity contribution in [1.29, 1.82) is 0 Å². The molecule has 6 heteroatoms. The number of nitrogens with zero attached hydrogens (tertiary/aromatic N) is 1. The smallest absolute Gasteiger partial charge is 0.270 e. The van der Waals surface area contributed by atoms with Gasteiger partial charge in [-0.3, -0.25) is 14.9 Å². The van der Waals surface area contributed by atoms with E-state index >= 15 is 0 Å². The predicted octanol–water partition coefficient (Wildman–Crippen LogP) is 2.18. The fourth-order valence-electron chi connectivity index (χ4n) is 1.52. The summed E-state index contributed by atoms with van der Waals surface area (Å²) in [5.74, 6) is 0.798. The molecule has 0 aliphatic heterocycles. The normalized spacial score (nSPS) is 11.5. The van der Waals surface area contributed by atoms with E-state index in [-0.39, 0.29) is 16.8 Å². The van der Waals surface area contributed by atoms with Gasteiger partial charge in [0, 0.05) is 12.1 Å². The molecule has 0 fully saturated rings. The fourth-order valence-corrected chi connectivity index (χ4v) is 1.52. The van der Waals surface area contributed by atoms with Gasteiger partial charge in [-0.05, 0) is 18.9 Å². The van der Waals surface area contributed by atoms with Crippen LogP contribution in [0.25, 0.3) is 0 Å². The molecular weight excluding hydrogens is 251 g/mol. The average molecular weight is 264 g/mol. The number of benzene rings is 1. The maximum absolute atomic E-state index is 13.8. The van der Waals surface area contributed by atoms with Gasteiger partial charge in [-0.15, -0.1) is 6.42 Å². The standard InChI is InChI=1S/C13H13FN2O3/c1-4-9(5-2)15-13(17)11-7-10(16(18)19)6-8(3)12(11)14/h1,6-7,9H,5H2,2-3H3,(H,15,17). The number of hydrogen-bond donors (Lipinski definition) is 1. The summed E-state index contributed by atoms with van der Waals surface area (Å²) in [5.41, 5.74) is -0.675. The molecule has 0 radical (unpaired) electrons. The number of nitro benzene ring substituents is 1. The van der Waals surface area contributed by atoms with Crippen LogP contribution in [0.3, 0.4) is 0 Å². The van der Waals surface area contributed by atoms with Crippen LogP contribution in [0.4, 0.5) is 10.1 Å². The Morgan fingerprint density at radius 3 is 2.74 bits per heavy atom. The highest BCUT2D eigenvalue weighted by atomic mass is 19.1. The van der Waals surface area contributed by atoms with Crippen LogP contribution in [0.15, 0.2) is 12.1 Å². The maximum Gasteiger partial charge on any atom is 0.270 e. The van der Waals surface area contributed by atoms with Gasteiger partial charge in [-0.25, -0.2) is 4.39 Å². The minimum atomic E-state index is -0.782. The molecule has 0 heterocycles. The van der Waals surface area contributed by atoms with Gasteiger partial charge in [0.1, 0.15) is 5.82 Å². The molecule has 1 amide bonds. The molecule has 0 spiro atoms. The molecule has 0 saturated heterocycles. The molecule has 0 aliphatic rings. The first kappa shape index (κ1) is 14.6. The number of halogens is 1. The lowest BCUT2D eigenvalue weighted by Gasteiger charge is -2.11. The summed E-state index contributed by atoms with van der Waals surface area (Å²) in [5, 5.41) is 13.1. The predicted molar refractivity (Wildman–Crippen MR) is 68.2 cm³/mol. The van der Waals surface area contributed by atoms with E-state index in [4.69, 9.17) is 6.42 Å². The number of nitrogens with one attached hydrogen (secondary N) is 1. The maximum atomic E-state index is 13.8. The van der Waals surface area contributed by atoms with E-state index in [9.17, 15) is 19.3 Å². The molecule has 1 unspecified atom stereocenters. The Kier molecular flexibility index (Phi) is 4.59. The second-order valence-electron chi connectivity index (χ2n) is 3.98. The number of terminal acetylenes is 1. The van der Waals surface area contributed by atoms with Gasteiger partial charge in [0.15, 0.2) is 0 Å². The van der Waals surface area contributed by atoms with E-state index in [0.29, 0.717) is 6.42 Å². The molecule has 19 heavy (non-hydrogen) atoms. The highest BCUT2D eigenvalue weighted by Crippen LogP contribution is 2.21. The van der Waals surface area contributed by atoms with Crippen molar-refractivity contribution >= 4 is 11.6 Å². The summed E-state index contributed by atoms with van der Waals surface area (Å²) < 4.78 is 13.8. The van der Waals surface area contributed by atoms with Gasteiger partial charge in [0.2, 0.25) is 0 Å². The van der Waals surface area contributed by atoms with Crippen LogP contribution < -0.4 is 5.32 Å². The van der Waals surface area contributed by atoms with Crippen LogP contribution in [0.2, 0.25) is 0 Å². The number of amides is 1. The molecule has 0 saturated carbocycles. The number of non-ortho nitro benzene ring substituents is 1. The first-order valence-corrected chi connectivity index (χ1v) is 5.62. The van der Waals surface area contributed by atoms with Gasteiger partial charge in [0.05, 0.1) is 16.5 Å². The lowest BCUT2D eigenvalue weighted by atomic mass is 10.1. The molecule has 1 aromatic rings. The highest BCUT2D eigenvalue weighted by molar-refractivity contribution is 5.95. The van der Waals surface area contributed by atoms with Crippen molar-refractivity contribution in [3.05, 3.63) is 39.2 Å². The number of hydrogen-bond acceptors (Lipinski definition) is 3. The van der Waals surface area contributed by atoms with Gasteiger partial charge in [-0.1, -0.05) is 12.8 Å². The molecule has 0 bridgehead atoms. The number of aryl methyl sites for hydroxylation is 1. The molecule has 1 N–H and O–H groups in total. The summed E-state index contributed by atoms with van der Waals surface area (Å²) in [4.78, 5) is 21.9. The van der Waals surface area contributed by atoms with Crippen molar-refractivity contribution < 1.29 is 14.1 Å². The second-order valence-corrected chi connectivity index (χ2v) is 3.98. The van der Waals surface area contributed by atoms with Crippen LogP contribution in [0.5, 0.6) is 0 Å². The zero-order chi connectivity index (χ0) is 14.6. The van der Waals surface area contributed by atoms with Crippen molar-refractivity contribution in [3.63, 3.8) is 0 Å². The van der Waals surface area contributed by atoms with Crippen LogP contribution in [-0.2, 0) is 0 Å². The highest BCUT2D eigenvalue weighted by Gasteiger charge is 2.20. The summed E-state index contributed by atoms with van der Waals surface area (Å²) in [6, 6.07) is 1.44. The summed E-state index contributed by atoms with van der Waals surface area (Å²) in [6.07, 6.45) is 5.67. The average Bonchev–Trinajstić information content (AvgIpc) is 2.38. The topological polar surface area (TPSA) is 72.2 Å². The van der Waals surface area contributed by atoms with Crippen LogP contribution in [-0.4, -0.2) is 16.9 Å². The van der Waals surface area contributed by atoms with Crippen molar-refractivity contribution in [2.45, 2.75) is 26.3 Å². The molecule has 5 nitrogen and oxygen atoms in total. The van der Waals surface area contributed by atoms with Gasteiger partial charge < -0.3 is 5.32 Å². The van der Waals surface area contributed by atoms with E-state index in [0.717, 1.165) is 12.1 Å². The first-order chi connectivity index (χ1) is 8.90. The molecule has 1 rings (SSSR count). The summed E-state index contributed by atoms with van der Waals surface area (Å²) in [7, 11) is 0. The van der Waals surface area contributed by atoms with Crippen molar-refractivity contribution in [2.75, 3.05) is 0 Å².